The summed E-state index contributed by atoms with van der Waals surface area (Å²) in [6.07, 6.45) is 4.39. The minimum Gasteiger partial charge on any atom is -0.317 e. The number of carbonyl (C=O) groups is 1. The number of carbonyl (C=O) groups excluding carboxylic acids is 1. The van der Waals surface area contributed by atoms with Crippen molar-refractivity contribution >= 4 is 55.6 Å². The normalized spacial score (nSPS) is 17.9. The summed E-state index contributed by atoms with van der Waals surface area (Å²) in [7, 11) is 0. The van der Waals surface area contributed by atoms with Crippen molar-refractivity contribution in [1.29, 1.82) is 0 Å². The first-order valence-corrected chi connectivity index (χ1v) is 9.55. The summed E-state index contributed by atoms with van der Waals surface area (Å²) in [6, 6.07) is 2.21. The van der Waals surface area contributed by atoms with E-state index in [1.54, 1.807) is 35.1 Å². The SMILES string of the molecule is CC(=O)Nc1sc2c(c1-c1nc3cnccc3s1)CC(C)N(Cl)C2. The number of amides is 1. The fourth-order valence-electron chi connectivity index (χ4n) is 2.90. The second kappa shape index (κ2) is 6.07. The first-order chi connectivity index (χ1) is 11.5. The quantitative estimate of drug-likeness (QED) is 0.676. The second-order valence-corrected chi connectivity index (χ2v) is 8.43. The highest BCUT2D eigenvalue weighted by Gasteiger charge is 2.30. The van der Waals surface area contributed by atoms with Crippen molar-refractivity contribution in [1.82, 2.24) is 14.4 Å². The molecule has 0 saturated heterocycles. The zero-order valence-electron chi connectivity index (χ0n) is 13.2. The van der Waals surface area contributed by atoms with Gasteiger partial charge in [-0.15, -0.1) is 22.7 Å². The number of aromatic nitrogens is 2. The van der Waals surface area contributed by atoms with Crippen LogP contribution in [0.1, 0.15) is 24.3 Å². The molecule has 1 aliphatic heterocycles. The van der Waals surface area contributed by atoms with E-state index in [-0.39, 0.29) is 11.9 Å². The van der Waals surface area contributed by atoms with E-state index in [9.17, 15) is 4.79 Å². The van der Waals surface area contributed by atoms with Gasteiger partial charge in [0.1, 0.15) is 15.5 Å². The molecule has 0 spiro atoms. The fraction of sp³-hybridized carbons (Fsp3) is 0.312. The topological polar surface area (TPSA) is 58.1 Å². The molecule has 3 aromatic rings. The minimum atomic E-state index is -0.0756. The highest BCUT2D eigenvalue weighted by molar-refractivity contribution is 7.22. The predicted octanol–water partition coefficient (Wildman–Crippen LogP) is 4.28. The molecular weight excluding hydrogens is 364 g/mol. The zero-order valence-corrected chi connectivity index (χ0v) is 15.6. The first-order valence-electron chi connectivity index (χ1n) is 7.58. The molecule has 3 aromatic heterocycles. The average Bonchev–Trinajstić information content (AvgIpc) is 3.07. The molecule has 5 nitrogen and oxygen atoms in total. The Balaban J connectivity index is 1.90. The van der Waals surface area contributed by atoms with Crippen molar-refractivity contribution in [3.05, 3.63) is 28.9 Å². The van der Waals surface area contributed by atoms with Crippen LogP contribution in [0.25, 0.3) is 20.8 Å². The van der Waals surface area contributed by atoms with E-state index in [0.29, 0.717) is 6.54 Å². The molecule has 1 amide bonds. The summed E-state index contributed by atoms with van der Waals surface area (Å²) in [5.74, 6) is -0.0756. The van der Waals surface area contributed by atoms with Crippen LogP contribution in [0.3, 0.4) is 0 Å². The number of anilines is 1. The third-order valence-electron chi connectivity index (χ3n) is 4.06. The lowest BCUT2D eigenvalue weighted by molar-refractivity contribution is -0.114. The van der Waals surface area contributed by atoms with Crippen molar-refractivity contribution < 1.29 is 4.79 Å². The minimum absolute atomic E-state index is 0.0756. The van der Waals surface area contributed by atoms with Crippen LogP contribution in [0.15, 0.2) is 18.5 Å². The summed E-state index contributed by atoms with van der Waals surface area (Å²) >= 11 is 9.53. The van der Waals surface area contributed by atoms with Crippen LogP contribution in [-0.2, 0) is 17.8 Å². The number of nitrogens with zero attached hydrogens (tertiary/aromatic N) is 3. The van der Waals surface area contributed by atoms with Crippen LogP contribution in [0.2, 0.25) is 0 Å². The van der Waals surface area contributed by atoms with E-state index in [1.807, 2.05) is 10.5 Å². The molecule has 1 unspecified atom stereocenters. The zero-order chi connectivity index (χ0) is 16.8. The van der Waals surface area contributed by atoms with Gasteiger partial charge in [-0.2, -0.15) is 0 Å². The summed E-state index contributed by atoms with van der Waals surface area (Å²) in [4.78, 5) is 21.7. The molecule has 0 saturated carbocycles. The van der Waals surface area contributed by atoms with Gasteiger partial charge < -0.3 is 5.32 Å². The Bertz CT molecular complexity index is 902. The van der Waals surface area contributed by atoms with Crippen LogP contribution in [0.5, 0.6) is 0 Å². The lowest BCUT2D eigenvalue weighted by Gasteiger charge is -2.27. The number of thiazole rings is 1. The van der Waals surface area contributed by atoms with Crippen molar-refractivity contribution in [2.75, 3.05) is 5.32 Å². The Morgan fingerprint density at radius 2 is 2.29 bits per heavy atom. The highest BCUT2D eigenvalue weighted by Crippen LogP contribution is 2.46. The number of hydrogen-bond donors (Lipinski definition) is 1. The molecule has 8 heteroatoms. The Hall–Kier alpha value is -1.54. The van der Waals surface area contributed by atoms with Gasteiger partial charge in [-0.3, -0.25) is 9.78 Å². The second-order valence-electron chi connectivity index (χ2n) is 5.86. The number of nitrogens with one attached hydrogen (secondary N) is 1. The smallest absolute Gasteiger partial charge is 0.221 e. The van der Waals surface area contributed by atoms with Gasteiger partial charge in [-0.1, -0.05) is 0 Å². The van der Waals surface area contributed by atoms with Gasteiger partial charge in [0.25, 0.3) is 0 Å². The molecule has 0 bridgehead atoms. The van der Waals surface area contributed by atoms with Gasteiger partial charge in [0.15, 0.2) is 0 Å². The van der Waals surface area contributed by atoms with E-state index >= 15 is 0 Å². The highest BCUT2D eigenvalue weighted by atomic mass is 35.5. The number of rotatable bonds is 2. The molecule has 0 aromatic carbocycles. The number of thiophene rings is 1. The largest absolute Gasteiger partial charge is 0.317 e. The molecule has 0 fully saturated rings. The van der Waals surface area contributed by atoms with Crippen molar-refractivity contribution in [2.45, 2.75) is 32.9 Å². The fourth-order valence-corrected chi connectivity index (χ4v) is 5.52. The van der Waals surface area contributed by atoms with E-state index in [4.69, 9.17) is 16.8 Å². The molecule has 1 aliphatic rings. The molecule has 124 valence electrons. The Morgan fingerprint density at radius 3 is 3.04 bits per heavy atom. The number of pyridine rings is 1. The van der Waals surface area contributed by atoms with E-state index < -0.39 is 0 Å². The van der Waals surface area contributed by atoms with Gasteiger partial charge in [0, 0.05) is 36.1 Å². The first kappa shape index (κ1) is 16.0. The number of hydrogen-bond acceptors (Lipinski definition) is 6. The van der Waals surface area contributed by atoms with Gasteiger partial charge in [0.2, 0.25) is 5.91 Å². The monoisotopic (exact) mass is 378 g/mol. The summed E-state index contributed by atoms with van der Waals surface area (Å²) in [5, 5.41) is 4.76. The third kappa shape index (κ3) is 2.71. The van der Waals surface area contributed by atoms with Crippen molar-refractivity contribution in [3.63, 3.8) is 0 Å². The van der Waals surface area contributed by atoms with Crippen LogP contribution in [-0.4, -0.2) is 26.3 Å². The van der Waals surface area contributed by atoms with E-state index in [1.165, 1.54) is 17.4 Å². The van der Waals surface area contributed by atoms with Crippen LogP contribution in [0, 0.1) is 0 Å². The predicted molar refractivity (Wildman–Crippen MR) is 99.6 cm³/mol. The Kier molecular flexibility index (Phi) is 4.04. The standard InChI is InChI=1S/C16H15ClN4OS2/c1-8-5-10-13(7-21(8)17)24-15(19-9(2)22)14(10)16-20-11-6-18-4-3-12(11)23-16/h3-4,6,8H,5,7H2,1-2H3,(H,19,22). The van der Waals surface area contributed by atoms with Gasteiger partial charge in [0.05, 0.1) is 10.9 Å². The lowest BCUT2D eigenvalue weighted by Crippen LogP contribution is -2.30. The van der Waals surface area contributed by atoms with E-state index in [0.717, 1.165) is 32.2 Å². The maximum atomic E-state index is 11.6. The summed E-state index contributed by atoms with van der Waals surface area (Å²) in [5.41, 5.74) is 3.18. The molecule has 0 aliphatic carbocycles. The molecule has 4 rings (SSSR count). The summed E-state index contributed by atoms with van der Waals surface area (Å²) < 4.78 is 2.92. The molecule has 1 N–H and O–H groups in total. The lowest BCUT2D eigenvalue weighted by atomic mass is 9.99. The van der Waals surface area contributed by atoms with Crippen molar-refractivity contribution in [2.24, 2.45) is 0 Å². The van der Waals surface area contributed by atoms with Crippen LogP contribution >= 0.6 is 34.5 Å². The molecular formula is C16H15ClN4OS2. The van der Waals surface area contributed by atoms with Crippen molar-refractivity contribution in [3.8, 4) is 10.6 Å². The Morgan fingerprint density at radius 1 is 1.46 bits per heavy atom. The van der Waals surface area contributed by atoms with Gasteiger partial charge in [-0.25, -0.2) is 9.40 Å². The number of halogens is 1. The van der Waals surface area contributed by atoms with Crippen LogP contribution < -0.4 is 5.32 Å². The van der Waals surface area contributed by atoms with Gasteiger partial charge >= 0.3 is 0 Å². The van der Waals surface area contributed by atoms with E-state index in [2.05, 4.69) is 17.2 Å². The average molecular weight is 379 g/mol. The maximum absolute atomic E-state index is 11.6. The number of fused-ring (bicyclic) bond motifs is 2. The molecule has 24 heavy (non-hydrogen) atoms. The van der Waals surface area contributed by atoms with Gasteiger partial charge in [-0.05, 0) is 36.8 Å². The maximum Gasteiger partial charge on any atom is 0.221 e. The molecule has 4 heterocycles. The Labute approximate surface area is 152 Å². The molecule has 0 radical (unpaired) electrons. The van der Waals surface area contributed by atoms with Crippen LogP contribution in [0.4, 0.5) is 5.00 Å². The molecule has 1 atom stereocenters. The summed E-state index contributed by atoms with van der Waals surface area (Å²) in [6.45, 7) is 4.32. The third-order valence-corrected chi connectivity index (χ3v) is 6.70.